The average molecular weight is 279 g/mol. The van der Waals surface area contributed by atoms with Gasteiger partial charge in [-0.2, -0.15) is 0 Å². The van der Waals surface area contributed by atoms with Crippen molar-refractivity contribution in [3.05, 3.63) is 29.8 Å². The quantitative estimate of drug-likeness (QED) is 0.749. The van der Waals surface area contributed by atoms with E-state index in [4.69, 9.17) is 0 Å². The van der Waals surface area contributed by atoms with Crippen molar-refractivity contribution in [1.82, 2.24) is 4.90 Å². The number of nitrogens with zero attached hydrogens (tertiary/aromatic N) is 1. The molecule has 19 heavy (non-hydrogen) atoms. The Hall–Kier alpha value is -1.00. The minimum atomic E-state index is -0.115. The zero-order valence-corrected chi connectivity index (χ0v) is 12.4. The zero-order valence-electron chi connectivity index (χ0n) is 11.6. The zero-order chi connectivity index (χ0) is 13.7. The van der Waals surface area contributed by atoms with Gasteiger partial charge >= 0.3 is 5.97 Å². The van der Waals surface area contributed by atoms with Gasteiger partial charge in [-0.05, 0) is 38.1 Å². The van der Waals surface area contributed by atoms with Gasteiger partial charge in [0, 0.05) is 23.1 Å². The summed E-state index contributed by atoms with van der Waals surface area (Å²) in [6.07, 6.45) is 2.54. The van der Waals surface area contributed by atoms with Gasteiger partial charge in [0.15, 0.2) is 0 Å². The van der Waals surface area contributed by atoms with Crippen molar-refractivity contribution >= 4 is 17.7 Å². The first-order valence-electron chi connectivity index (χ1n) is 6.69. The van der Waals surface area contributed by atoms with Gasteiger partial charge in [-0.3, -0.25) is 4.79 Å². The van der Waals surface area contributed by atoms with Crippen LogP contribution < -0.4 is 0 Å². The molecule has 0 spiro atoms. The van der Waals surface area contributed by atoms with Gasteiger partial charge in [-0.15, -0.1) is 11.8 Å². The molecular formula is C15H21NO2S. The third kappa shape index (κ3) is 4.25. The van der Waals surface area contributed by atoms with Crippen LogP contribution in [0.2, 0.25) is 0 Å². The predicted octanol–water partition coefficient (Wildman–Crippen LogP) is 2.59. The van der Waals surface area contributed by atoms with Crippen molar-refractivity contribution in [3.8, 4) is 0 Å². The smallest absolute Gasteiger partial charge is 0.305 e. The molecule has 1 atom stereocenters. The van der Waals surface area contributed by atoms with Gasteiger partial charge in [-0.25, -0.2) is 0 Å². The maximum Gasteiger partial charge on any atom is 0.305 e. The maximum absolute atomic E-state index is 11.0. The van der Waals surface area contributed by atoms with Crippen molar-refractivity contribution in [2.24, 2.45) is 0 Å². The van der Waals surface area contributed by atoms with E-state index in [1.807, 2.05) is 11.8 Å². The Balaban J connectivity index is 1.70. The Morgan fingerprint density at radius 2 is 2.26 bits per heavy atom. The summed E-state index contributed by atoms with van der Waals surface area (Å²) in [7, 11) is 3.57. The van der Waals surface area contributed by atoms with E-state index < -0.39 is 0 Å². The summed E-state index contributed by atoms with van der Waals surface area (Å²) in [6, 6.07) is 8.65. The minimum Gasteiger partial charge on any atom is -0.469 e. The Bertz CT molecular complexity index is 411. The van der Waals surface area contributed by atoms with Crippen LogP contribution in [-0.2, 0) is 16.0 Å². The Labute approximate surface area is 119 Å². The van der Waals surface area contributed by atoms with Crippen molar-refractivity contribution in [1.29, 1.82) is 0 Å². The molecule has 3 nitrogen and oxygen atoms in total. The number of carbonyl (C=O) groups excluding carboxylic acids is 1. The molecule has 1 aromatic rings. The number of ether oxygens (including phenoxy) is 1. The van der Waals surface area contributed by atoms with Crippen LogP contribution in [0.5, 0.6) is 0 Å². The molecule has 104 valence electrons. The molecule has 0 radical (unpaired) electrons. The highest BCUT2D eigenvalue weighted by Crippen LogP contribution is 2.36. The van der Waals surface area contributed by atoms with Crippen LogP contribution in [0.15, 0.2) is 29.2 Å². The van der Waals surface area contributed by atoms with E-state index in [1.165, 1.54) is 17.6 Å². The van der Waals surface area contributed by atoms with E-state index in [9.17, 15) is 4.79 Å². The summed E-state index contributed by atoms with van der Waals surface area (Å²) in [5, 5.41) is 0.639. The molecule has 1 unspecified atom stereocenters. The molecule has 0 aliphatic carbocycles. The first kappa shape index (κ1) is 14.4. The lowest BCUT2D eigenvalue weighted by molar-refractivity contribution is -0.140. The highest BCUT2D eigenvalue weighted by atomic mass is 32.2. The molecular weight excluding hydrogens is 258 g/mol. The van der Waals surface area contributed by atoms with Gasteiger partial charge < -0.3 is 9.64 Å². The number of carbonyl (C=O) groups is 1. The number of methoxy groups -OCH3 is 1. The normalized spacial score (nSPS) is 17.5. The van der Waals surface area contributed by atoms with Crippen LogP contribution in [0.3, 0.4) is 0 Å². The third-order valence-electron chi connectivity index (χ3n) is 3.38. The van der Waals surface area contributed by atoms with E-state index in [2.05, 4.69) is 40.9 Å². The lowest BCUT2D eigenvalue weighted by atomic mass is 10.1. The minimum absolute atomic E-state index is 0.115. The van der Waals surface area contributed by atoms with Crippen molar-refractivity contribution in [2.75, 3.05) is 27.2 Å². The predicted molar refractivity (Wildman–Crippen MR) is 78.5 cm³/mol. The molecule has 0 saturated carbocycles. The fourth-order valence-electron chi connectivity index (χ4n) is 2.39. The average Bonchev–Trinajstić information content (AvgIpc) is 2.80. The number of hydrogen-bond donors (Lipinski definition) is 0. The Kier molecular flexibility index (Phi) is 5.28. The van der Waals surface area contributed by atoms with Gasteiger partial charge in [0.2, 0.25) is 0 Å². The summed E-state index contributed by atoms with van der Waals surface area (Å²) in [4.78, 5) is 14.8. The fraction of sp³-hybridized carbons (Fsp3) is 0.533. The van der Waals surface area contributed by atoms with E-state index in [-0.39, 0.29) is 5.97 Å². The molecule has 0 saturated heterocycles. The van der Waals surface area contributed by atoms with Gasteiger partial charge in [-0.1, -0.05) is 18.2 Å². The van der Waals surface area contributed by atoms with E-state index in [0.29, 0.717) is 11.7 Å². The topological polar surface area (TPSA) is 29.5 Å². The maximum atomic E-state index is 11.0. The fourth-order valence-corrected chi connectivity index (χ4v) is 3.80. The monoisotopic (exact) mass is 279 g/mol. The number of fused-ring (bicyclic) bond motifs is 1. The first-order valence-corrected chi connectivity index (χ1v) is 7.57. The van der Waals surface area contributed by atoms with Crippen molar-refractivity contribution < 1.29 is 9.53 Å². The lowest BCUT2D eigenvalue weighted by Crippen LogP contribution is -2.28. The molecule has 2 rings (SSSR count). The summed E-state index contributed by atoms with van der Waals surface area (Å²) < 4.78 is 4.65. The van der Waals surface area contributed by atoms with Crippen LogP contribution in [0, 0.1) is 0 Å². The van der Waals surface area contributed by atoms with Crippen LogP contribution >= 0.6 is 11.8 Å². The number of rotatable bonds is 6. The second-order valence-corrected chi connectivity index (χ2v) is 6.34. The highest BCUT2D eigenvalue weighted by molar-refractivity contribution is 8.00. The molecule has 1 heterocycles. The summed E-state index contributed by atoms with van der Waals surface area (Å²) in [5.74, 6) is -0.115. The molecule has 0 bridgehead atoms. The van der Waals surface area contributed by atoms with E-state index in [1.54, 1.807) is 0 Å². The van der Waals surface area contributed by atoms with E-state index >= 15 is 0 Å². The van der Waals surface area contributed by atoms with Crippen molar-refractivity contribution in [2.45, 2.75) is 29.4 Å². The molecule has 0 amide bonds. The van der Waals surface area contributed by atoms with Crippen molar-refractivity contribution in [3.63, 3.8) is 0 Å². The Morgan fingerprint density at radius 3 is 3.00 bits per heavy atom. The molecule has 4 heteroatoms. The molecule has 1 aliphatic rings. The second kappa shape index (κ2) is 6.96. The third-order valence-corrected chi connectivity index (χ3v) is 4.68. The lowest BCUT2D eigenvalue weighted by Gasteiger charge is -2.19. The van der Waals surface area contributed by atoms with E-state index in [0.717, 1.165) is 25.9 Å². The summed E-state index contributed by atoms with van der Waals surface area (Å²) in [6.45, 7) is 2.02. The number of thioether (sulfide) groups is 1. The van der Waals surface area contributed by atoms with Gasteiger partial charge in [0.25, 0.3) is 0 Å². The first-order chi connectivity index (χ1) is 9.19. The largest absolute Gasteiger partial charge is 0.469 e. The van der Waals surface area contributed by atoms with Gasteiger partial charge in [0.1, 0.15) is 0 Å². The number of hydrogen-bond acceptors (Lipinski definition) is 4. The Morgan fingerprint density at radius 1 is 1.47 bits per heavy atom. The molecule has 0 fully saturated rings. The SMILES string of the molecule is COC(=O)CCCN(C)CC1Cc2ccccc2S1. The highest BCUT2D eigenvalue weighted by Gasteiger charge is 2.22. The van der Waals surface area contributed by atoms with Crippen LogP contribution in [-0.4, -0.2) is 43.4 Å². The number of esters is 1. The summed E-state index contributed by atoms with van der Waals surface area (Å²) in [5.41, 5.74) is 1.47. The molecule has 1 aromatic carbocycles. The molecule has 0 N–H and O–H groups in total. The van der Waals surface area contributed by atoms with Crippen LogP contribution in [0.1, 0.15) is 18.4 Å². The number of benzene rings is 1. The van der Waals surface area contributed by atoms with Gasteiger partial charge in [0.05, 0.1) is 7.11 Å². The van der Waals surface area contributed by atoms with Crippen LogP contribution in [0.4, 0.5) is 0 Å². The molecule has 0 aromatic heterocycles. The second-order valence-electron chi connectivity index (χ2n) is 4.99. The molecule has 1 aliphatic heterocycles. The van der Waals surface area contributed by atoms with Crippen LogP contribution in [0.25, 0.3) is 0 Å². The standard InChI is InChI=1S/C15H21NO2S/c1-16(9-5-8-15(17)18-2)11-13-10-12-6-3-4-7-14(12)19-13/h3-4,6-7,13H,5,8-11H2,1-2H3. The summed E-state index contributed by atoms with van der Waals surface area (Å²) >= 11 is 1.98.